The number of nitrogens with two attached hydrogens (primary N) is 1. The molecule has 2 aromatic carbocycles. The number of ketones is 1. The first-order chi connectivity index (χ1) is 44.2. The lowest BCUT2D eigenvalue weighted by atomic mass is 9.90. The largest absolute Gasteiger partial charge is 0.391 e. The molecule has 92 heavy (non-hydrogen) atoms. The first-order valence-electron chi connectivity index (χ1n) is 28.8. The second-order valence-corrected chi connectivity index (χ2v) is 28.0. The fourth-order valence-electron chi connectivity index (χ4n) is 11.0. The number of hydrogen-bond donors (Lipinski definition) is 10. The van der Waals surface area contributed by atoms with Crippen LogP contribution in [0.1, 0.15) is 122 Å². The minimum atomic E-state index is -1.80. The van der Waals surface area contributed by atoms with Crippen LogP contribution in [-0.2, 0) is 20.7 Å². The molecule has 0 radical (unpaired) electrons. The smallest absolute Gasteiger partial charge is 0.271 e. The summed E-state index contributed by atoms with van der Waals surface area (Å²) < 4.78 is 5.21. The molecule has 476 valence electrons. The number of rotatable bonds is 10. The van der Waals surface area contributed by atoms with Crippen molar-refractivity contribution >= 4 is 103 Å². The highest BCUT2D eigenvalue weighted by Crippen LogP contribution is 2.43. The zero-order chi connectivity index (χ0) is 64.8. The van der Waals surface area contributed by atoms with Crippen LogP contribution in [-0.4, -0.2) is 162 Å². The van der Waals surface area contributed by atoms with E-state index in [9.17, 15) is 54.6 Å². The highest BCUT2D eigenvalue weighted by Gasteiger charge is 2.46. The number of nitrogens with one attached hydrogen (secondary N) is 3. The average Bonchev–Trinajstić information content (AvgIpc) is 2.75. The van der Waals surface area contributed by atoms with Crippen molar-refractivity contribution in [2.24, 2.45) is 11.7 Å². The van der Waals surface area contributed by atoms with Crippen molar-refractivity contribution in [3.63, 3.8) is 0 Å². The summed E-state index contributed by atoms with van der Waals surface area (Å²) in [4.78, 5) is 121. The van der Waals surface area contributed by atoms with Gasteiger partial charge >= 0.3 is 0 Å². The number of aliphatic hydroxyl groups excluding tert-OH is 6. The van der Waals surface area contributed by atoms with Gasteiger partial charge in [0.15, 0.2) is 12.1 Å². The van der Waals surface area contributed by atoms with Gasteiger partial charge in [-0.3, -0.25) is 28.8 Å². The third-order valence-electron chi connectivity index (χ3n) is 16.1. The Morgan fingerprint density at radius 3 is 2.10 bits per heavy atom. The third-order valence-corrected chi connectivity index (χ3v) is 21.6. The van der Waals surface area contributed by atoms with Crippen LogP contribution in [0.2, 0.25) is 0 Å². The Morgan fingerprint density at radius 2 is 1.34 bits per heavy atom. The number of aliphatic hydroxyl groups is 6. The van der Waals surface area contributed by atoms with Crippen molar-refractivity contribution < 1.29 is 64.1 Å². The molecule has 2 fully saturated rings. The predicted octanol–water partition coefficient (Wildman–Crippen LogP) is 5.31. The molecular formula is C61H58N12O13S6. The second kappa shape index (κ2) is 27.0. The molecule has 0 aliphatic carbocycles. The van der Waals surface area contributed by atoms with Crippen molar-refractivity contribution in [2.45, 2.75) is 107 Å². The lowest BCUT2D eigenvalue weighted by molar-refractivity contribution is -0.279. The number of carbonyl (C=O) groups excluding carboxylic acids is 6. The Hall–Kier alpha value is -7.89. The molecule has 3 aliphatic rings. The summed E-state index contributed by atoms with van der Waals surface area (Å²) in [7, 11) is 0. The van der Waals surface area contributed by atoms with Crippen LogP contribution in [0.15, 0.2) is 93.6 Å². The predicted molar refractivity (Wildman–Crippen MR) is 342 cm³/mol. The molecular weight excluding hydrogens is 1300 g/mol. The monoisotopic (exact) mass is 1360 g/mol. The molecule has 1 unspecified atom stereocenters. The molecule has 10 bridgehead atoms. The van der Waals surface area contributed by atoms with E-state index in [1.807, 2.05) is 38.1 Å². The number of pyridine rings is 1. The van der Waals surface area contributed by atoms with Crippen LogP contribution in [0.5, 0.6) is 0 Å². The molecule has 2 saturated heterocycles. The molecule has 7 aromatic heterocycles. The number of benzene rings is 2. The summed E-state index contributed by atoms with van der Waals surface area (Å²) in [5.74, 6) is -5.37. The minimum absolute atomic E-state index is 0.0149. The molecule has 11 N–H and O–H groups in total. The van der Waals surface area contributed by atoms with Crippen LogP contribution in [0.4, 0.5) is 0 Å². The molecule has 0 saturated carbocycles. The van der Waals surface area contributed by atoms with E-state index in [2.05, 4.69) is 25.9 Å². The van der Waals surface area contributed by atoms with Gasteiger partial charge in [0, 0.05) is 75.1 Å². The van der Waals surface area contributed by atoms with E-state index in [0.29, 0.717) is 53.1 Å². The number of thiazole rings is 6. The normalized spacial score (nSPS) is 24.1. The van der Waals surface area contributed by atoms with Gasteiger partial charge in [0.25, 0.3) is 17.7 Å². The first kappa shape index (κ1) is 64.2. The highest BCUT2D eigenvalue weighted by atomic mass is 32.1. The van der Waals surface area contributed by atoms with Gasteiger partial charge in [-0.05, 0) is 37.1 Å². The van der Waals surface area contributed by atoms with Gasteiger partial charge < -0.3 is 62.0 Å². The van der Waals surface area contributed by atoms with Crippen molar-refractivity contribution in [2.75, 3.05) is 13.1 Å². The Labute approximate surface area is 547 Å². The Balaban J connectivity index is 0.925. The number of carbonyl (C=O) groups is 6. The van der Waals surface area contributed by atoms with Crippen LogP contribution in [0, 0.1) is 19.8 Å². The molecule has 3 aliphatic heterocycles. The van der Waals surface area contributed by atoms with Crippen molar-refractivity contribution in [3.05, 3.63) is 153 Å². The third kappa shape index (κ3) is 13.4. The maximum Gasteiger partial charge on any atom is 0.271 e. The summed E-state index contributed by atoms with van der Waals surface area (Å²) in [5.41, 5.74) is 9.67. The number of fused-ring (bicyclic) bond motifs is 16. The number of primary amides is 1. The van der Waals surface area contributed by atoms with Gasteiger partial charge in [0.2, 0.25) is 11.8 Å². The molecule has 9 aromatic rings. The minimum Gasteiger partial charge on any atom is -0.391 e. The van der Waals surface area contributed by atoms with Gasteiger partial charge in [0.1, 0.15) is 95.4 Å². The van der Waals surface area contributed by atoms with E-state index < -0.39 is 115 Å². The molecule has 12 rings (SSSR count). The fourth-order valence-corrected chi connectivity index (χ4v) is 16.4. The van der Waals surface area contributed by atoms with Gasteiger partial charge in [-0.1, -0.05) is 67.1 Å². The zero-order valence-electron chi connectivity index (χ0n) is 48.8. The van der Waals surface area contributed by atoms with E-state index in [1.165, 1.54) is 38.8 Å². The van der Waals surface area contributed by atoms with Crippen LogP contribution < -0.4 is 21.7 Å². The zero-order valence-corrected chi connectivity index (χ0v) is 53.7. The first-order valence-corrected chi connectivity index (χ1v) is 34.0. The van der Waals surface area contributed by atoms with Crippen LogP contribution >= 0.6 is 68.0 Å². The highest BCUT2D eigenvalue weighted by molar-refractivity contribution is 7.15. The maximum atomic E-state index is 15.3. The topological polar surface area (TPSA) is 389 Å². The SMILES string of the molecule is Cc1ccc(C[C@@H]2NC(=O)c3csc(n3)[C@H]([C@H](O)c3ccccc3)CC(=O)c3nc(sc3C)[C@H](CC(N)=O)NC(=O)c3csc(n3)-c3ccc(-c4nc(C(=O)NC[C@@H]5OC(O)[C@@H](O)[C@H](O)[C@H]5O)cs4)nc3-c3csc(n3)-c3csc(n3)[C@@H]3[C@@H](C)[C@@H](O)CN3C2=O)cc1. The second-order valence-electron chi connectivity index (χ2n) is 22.4. The quantitative estimate of drug-likeness (QED) is 0.0829. The molecule has 12 atom stereocenters. The van der Waals surface area contributed by atoms with E-state index >= 15 is 4.79 Å². The van der Waals surface area contributed by atoms with E-state index in [4.69, 9.17) is 35.4 Å². The van der Waals surface area contributed by atoms with Gasteiger partial charge in [-0.15, -0.1) is 68.0 Å². The van der Waals surface area contributed by atoms with E-state index in [0.717, 1.165) is 56.5 Å². The van der Waals surface area contributed by atoms with Crippen molar-refractivity contribution in [1.29, 1.82) is 0 Å². The van der Waals surface area contributed by atoms with Gasteiger partial charge in [-0.2, -0.15) is 0 Å². The Kier molecular flexibility index (Phi) is 18.8. The number of ether oxygens (including phenoxy) is 1. The standard InChI is InChI=1S/C61H58N12O13S6/c1-25-9-11-28(12-10-25)15-34-60(84)73-19-41(75)26(2)46(73)59-71-39(24-91-59)57-67-35(20-89-57)45-30(13-14-32(64-45)56-70-36(21-90-56)51(81)63-18-42-48(78)49(79)50(80)61(85)86-42)54-68-37(22-87-54)52(82)65-33(17-43(62)76)58-72-44(27(3)92-58)40(74)16-31(47(77)29-7-5-4-6-8-29)55-69-38(23-88-55)53(83)66-34/h4-14,20-24,26,31,33-34,41-42,46-50,61,75,77-80,85H,15-19H2,1-3H3,(H2,62,76)(H,63,81)(H,65,82)(H,66,83)/t26-,31-,33-,34-,41-,42-,46-,47+,48-,49+,50-,61?/m0/s1. The van der Waals surface area contributed by atoms with Crippen molar-refractivity contribution in [3.8, 4) is 43.4 Å². The molecule has 0 spiro atoms. The van der Waals surface area contributed by atoms with Gasteiger partial charge in [0.05, 0.1) is 41.4 Å². The molecule has 5 amide bonds. The molecule has 31 heteroatoms. The van der Waals surface area contributed by atoms with Crippen LogP contribution in [0.25, 0.3) is 43.4 Å². The Morgan fingerprint density at radius 1 is 0.685 bits per heavy atom. The summed E-state index contributed by atoms with van der Waals surface area (Å²) >= 11 is 6.86. The summed E-state index contributed by atoms with van der Waals surface area (Å²) in [6.07, 6.45) is -11.1. The molecule has 25 nitrogen and oxygen atoms in total. The van der Waals surface area contributed by atoms with Crippen LogP contribution in [0.3, 0.4) is 0 Å². The fraction of sp³-hybridized carbons (Fsp3) is 0.328. The summed E-state index contributed by atoms with van der Waals surface area (Å²) in [5, 5.41) is 82.6. The maximum absolute atomic E-state index is 15.3. The lowest BCUT2D eigenvalue weighted by Gasteiger charge is -2.38. The van der Waals surface area contributed by atoms with E-state index in [-0.39, 0.29) is 64.4 Å². The molecule has 10 heterocycles. The van der Waals surface area contributed by atoms with Crippen molar-refractivity contribution in [1.82, 2.24) is 55.7 Å². The average molecular weight is 1360 g/mol. The number of aromatic nitrogens is 7. The van der Waals surface area contributed by atoms with E-state index in [1.54, 1.807) is 65.0 Å². The number of aryl methyl sites for hydroxylation is 2. The number of hydrogen-bond acceptors (Lipinski definition) is 26. The number of nitrogens with zero attached hydrogens (tertiary/aromatic N) is 8. The number of Topliss-reactive ketones (excluding diaryl/α,β-unsaturated/α-hetero) is 1. The summed E-state index contributed by atoms with van der Waals surface area (Å²) in [6.45, 7) is 5.00. The Bertz CT molecular complexity index is 4250. The summed E-state index contributed by atoms with van der Waals surface area (Å²) in [6, 6.07) is 16.5. The number of amides is 5. The van der Waals surface area contributed by atoms with Gasteiger partial charge in [-0.25, -0.2) is 34.9 Å². The lowest BCUT2D eigenvalue weighted by Crippen LogP contribution is -2.60.